The molecule has 0 saturated carbocycles. The molecule has 2 rings (SSSR count). The van der Waals surface area contributed by atoms with Crippen molar-refractivity contribution >= 4 is 11.6 Å². The van der Waals surface area contributed by atoms with Crippen LogP contribution in [0, 0.1) is 0 Å². The molecule has 2 N–H and O–H groups in total. The second-order valence-electron chi connectivity index (χ2n) is 2.45. The Bertz CT molecular complexity index is 525. The minimum Gasteiger partial charge on any atom is -0.477 e. The zero-order valence-electron chi connectivity index (χ0n) is 6.39. The van der Waals surface area contributed by atoms with Gasteiger partial charge in [-0.25, -0.2) is 14.3 Å². The van der Waals surface area contributed by atoms with Gasteiger partial charge in [-0.2, -0.15) is 0 Å². The van der Waals surface area contributed by atoms with Gasteiger partial charge in [-0.15, -0.1) is 0 Å². The van der Waals surface area contributed by atoms with Crippen molar-refractivity contribution in [1.29, 1.82) is 0 Å². The molecule has 0 bridgehead atoms. The molecule has 2 heterocycles. The molecule has 0 fully saturated rings. The Balaban J connectivity index is 2.83. The Morgan fingerprint density at radius 2 is 2.38 bits per heavy atom. The second-order valence-corrected chi connectivity index (χ2v) is 2.45. The number of fused-ring (bicyclic) bond motifs is 1. The third kappa shape index (κ3) is 1.08. The van der Waals surface area contributed by atoms with Gasteiger partial charge in [0.2, 0.25) is 0 Å². The first kappa shape index (κ1) is 7.53. The molecule has 0 atom stereocenters. The molecule has 0 saturated heterocycles. The van der Waals surface area contributed by atoms with E-state index in [-0.39, 0.29) is 11.3 Å². The smallest absolute Gasteiger partial charge is 0.353 e. The molecule has 0 amide bonds. The quantitative estimate of drug-likeness (QED) is 0.630. The van der Waals surface area contributed by atoms with Crippen LogP contribution in [0.5, 0.6) is 0 Å². The van der Waals surface area contributed by atoms with Crippen molar-refractivity contribution in [2.45, 2.75) is 0 Å². The monoisotopic (exact) mass is 179 g/mol. The van der Waals surface area contributed by atoms with Crippen molar-refractivity contribution in [3.05, 3.63) is 34.4 Å². The van der Waals surface area contributed by atoms with Gasteiger partial charge < -0.3 is 5.11 Å². The molecule has 2 aromatic heterocycles. The van der Waals surface area contributed by atoms with Crippen molar-refractivity contribution in [2.24, 2.45) is 0 Å². The molecule has 0 aromatic carbocycles. The zero-order chi connectivity index (χ0) is 9.42. The average Bonchev–Trinajstić information content (AvgIpc) is 2.49. The first-order chi connectivity index (χ1) is 6.18. The number of nitrogens with one attached hydrogen (secondary N) is 1. The third-order valence-corrected chi connectivity index (χ3v) is 1.61. The lowest BCUT2D eigenvalue weighted by Gasteiger charge is -1.87. The van der Waals surface area contributed by atoms with E-state index in [9.17, 15) is 9.59 Å². The van der Waals surface area contributed by atoms with Crippen LogP contribution in [-0.2, 0) is 0 Å². The van der Waals surface area contributed by atoms with Gasteiger partial charge in [-0.1, -0.05) is 0 Å². The van der Waals surface area contributed by atoms with Crippen molar-refractivity contribution in [3.63, 3.8) is 0 Å². The lowest BCUT2D eigenvalue weighted by Crippen LogP contribution is -2.13. The number of aromatic amines is 1. The molecular weight excluding hydrogens is 174 g/mol. The zero-order valence-corrected chi connectivity index (χ0v) is 6.39. The summed E-state index contributed by atoms with van der Waals surface area (Å²) in [6.45, 7) is 0. The fourth-order valence-corrected chi connectivity index (χ4v) is 1.03. The maximum Gasteiger partial charge on any atom is 0.353 e. The molecule has 6 nitrogen and oxygen atoms in total. The van der Waals surface area contributed by atoms with Crippen LogP contribution in [0.15, 0.2) is 23.1 Å². The fourth-order valence-electron chi connectivity index (χ4n) is 1.03. The Hall–Kier alpha value is -2.11. The average molecular weight is 179 g/mol. The van der Waals surface area contributed by atoms with E-state index in [0.29, 0.717) is 5.65 Å². The molecule has 0 unspecified atom stereocenters. The summed E-state index contributed by atoms with van der Waals surface area (Å²) >= 11 is 0. The van der Waals surface area contributed by atoms with E-state index in [1.54, 1.807) is 0 Å². The topological polar surface area (TPSA) is 87.5 Å². The highest BCUT2D eigenvalue weighted by atomic mass is 16.4. The number of carbonyl (C=O) groups is 1. The fraction of sp³-hybridized carbons (Fsp3) is 0. The first-order valence-corrected chi connectivity index (χ1v) is 3.48. The van der Waals surface area contributed by atoms with Gasteiger partial charge in [0.1, 0.15) is 5.69 Å². The Morgan fingerprint density at radius 3 is 3.00 bits per heavy atom. The maximum atomic E-state index is 11.1. The number of aromatic carboxylic acids is 1. The largest absolute Gasteiger partial charge is 0.477 e. The molecule has 2 aromatic rings. The molecular formula is C7H5N3O3. The summed E-state index contributed by atoms with van der Waals surface area (Å²) in [5, 5.41) is 11.0. The van der Waals surface area contributed by atoms with Crippen LogP contribution in [0.3, 0.4) is 0 Å². The van der Waals surface area contributed by atoms with Gasteiger partial charge in [0.15, 0.2) is 5.65 Å². The van der Waals surface area contributed by atoms with Gasteiger partial charge in [0, 0.05) is 18.3 Å². The van der Waals surface area contributed by atoms with Crippen LogP contribution in [0.4, 0.5) is 0 Å². The number of aromatic nitrogens is 3. The van der Waals surface area contributed by atoms with Gasteiger partial charge in [0.25, 0.3) is 5.56 Å². The molecule has 13 heavy (non-hydrogen) atoms. The SMILES string of the molecule is O=C(O)c1cc2nccc(=O)n2[nH]1. The number of carboxylic acid groups (broad SMARTS) is 1. The number of H-pyrrole nitrogens is 1. The van der Waals surface area contributed by atoms with Gasteiger partial charge >= 0.3 is 5.97 Å². The standard InChI is InChI=1S/C7H5N3O3/c11-6-1-2-8-5-3-4(7(12)13)9-10(5)6/h1-3,9H,(H,12,13). The second kappa shape index (κ2) is 2.44. The Labute approximate surface area is 71.4 Å². The molecule has 0 aliphatic heterocycles. The van der Waals surface area contributed by atoms with E-state index in [1.165, 1.54) is 18.3 Å². The van der Waals surface area contributed by atoms with Gasteiger partial charge in [-0.05, 0) is 0 Å². The minimum atomic E-state index is -1.12. The van der Waals surface area contributed by atoms with Crippen molar-refractivity contribution in [1.82, 2.24) is 14.6 Å². The van der Waals surface area contributed by atoms with Gasteiger partial charge in [0.05, 0.1) is 0 Å². The number of rotatable bonds is 1. The summed E-state index contributed by atoms with van der Waals surface area (Å²) in [5.41, 5.74) is -0.0989. The lowest BCUT2D eigenvalue weighted by molar-refractivity contribution is 0.0690. The Kier molecular flexibility index (Phi) is 1.42. The number of hydrogen-bond donors (Lipinski definition) is 2. The highest BCUT2D eigenvalue weighted by Crippen LogP contribution is 1.99. The van der Waals surface area contributed by atoms with Crippen LogP contribution >= 0.6 is 0 Å². The molecule has 6 heteroatoms. The van der Waals surface area contributed by atoms with E-state index in [0.717, 1.165) is 4.52 Å². The van der Waals surface area contributed by atoms with Crippen LogP contribution in [0.2, 0.25) is 0 Å². The molecule has 0 aliphatic rings. The summed E-state index contributed by atoms with van der Waals surface area (Å²) < 4.78 is 1.07. The van der Waals surface area contributed by atoms with E-state index < -0.39 is 5.97 Å². The predicted octanol–water partition coefficient (Wildman–Crippen LogP) is -0.279. The lowest BCUT2D eigenvalue weighted by atomic mass is 10.4. The Morgan fingerprint density at radius 1 is 1.62 bits per heavy atom. The van der Waals surface area contributed by atoms with Crippen LogP contribution in [0.1, 0.15) is 10.5 Å². The number of carboxylic acids is 1. The highest BCUT2D eigenvalue weighted by molar-refractivity contribution is 5.86. The summed E-state index contributed by atoms with van der Waals surface area (Å²) in [4.78, 5) is 25.4. The number of nitrogens with zero attached hydrogens (tertiary/aromatic N) is 2. The molecule has 0 spiro atoms. The van der Waals surface area contributed by atoms with E-state index >= 15 is 0 Å². The summed E-state index contributed by atoms with van der Waals surface area (Å²) in [6.07, 6.45) is 1.33. The van der Waals surface area contributed by atoms with Crippen molar-refractivity contribution in [3.8, 4) is 0 Å². The molecule has 66 valence electrons. The summed E-state index contributed by atoms with van der Waals surface area (Å²) in [7, 11) is 0. The van der Waals surface area contributed by atoms with E-state index in [2.05, 4.69) is 10.1 Å². The van der Waals surface area contributed by atoms with Crippen molar-refractivity contribution in [2.75, 3.05) is 0 Å². The third-order valence-electron chi connectivity index (χ3n) is 1.61. The minimum absolute atomic E-state index is 0.0594. The predicted molar refractivity (Wildman–Crippen MR) is 42.8 cm³/mol. The number of hydrogen-bond acceptors (Lipinski definition) is 3. The highest BCUT2D eigenvalue weighted by Gasteiger charge is 2.07. The summed E-state index contributed by atoms with van der Waals surface area (Å²) in [6, 6.07) is 2.54. The molecule has 0 radical (unpaired) electrons. The normalized spacial score (nSPS) is 10.5. The van der Waals surface area contributed by atoms with E-state index in [1.807, 2.05) is 0 Å². The van der Waals surface area contributed by atoms with E-state index in [4.69, 9.17) is 5.11 Å². The van der Waals surface area contributed by atoms with Crippen LogP contribution in [0.25, 0.3) is 5.65 Å². The van der Waals surface area contributed by atoms with Crippen LogP contribution < -0.4 is 5.56 Å². The van der Waals surface area contributed by atoms with Crippen LogP contribution in [-0.4, -0.2) is 25.7 Å². The first-order valence-electron chi connectivity index (χ1n) is 3.48. The molecule has 0 aliphatic carbocycles. The maximum absolute atomic E-state index is 11.1. The van der Waals surface area contributed by atoms with Gasteiger partial charge in [-0.3, -0.25) is 9.89 Å². The van der Waals surface area contributed by atoms with Crippen molar-refractivity contribution < 1.29 is 9.90 Å². The summed E-state index contributed by atoms with van der Waals surface area (Å²) in [5.74, 6) is -1.12.